The maximum Gasteiger partial charge on any atom is 0.266 e. The Morgan fingerprint density at radius 1 is 1.23 bits per heavy atom. The second-order valence-electron chi connectivity index (χ2n) is 6.63. The molecule has 1 N–H and O–H groups in total. The molecule has 0 fully saturated rings. The molecular formula is C24H17BrClFN2O2. The van der Waals surface area contributed by atoms with Crippen molar-refractivity contribution in [1.82, 2.24) is 0 Å². The van der Waals surface area contributed by atoms with E-state index < -0.39 is 5.91 Å². The number of nitriles is 1. The van der Waals surface area contributed by atoms with Gasteiger partial charge in [0.1, 0.15) is 24.1 Å². The van der Waals surface area contributed by atoms with Crippen molar-refractivity contribution in [2.45, 2.75) is 13.5 Å². The maximum absolute atomic E-state index is 13.8. The van der Waals surface area contributed by atoms with Crippen LogP contribution in [0.3, 0.4) is 0 Å². The lowest BCUT2D eigenvalue weighted by Crippen LogP contribution is -2.14. The van der Waals surface area contributed by atoms with Gasteiger partial charge in [0.2, 0.25) is 0 Å². The van der Waals surface area contributed by atoms with E-state index in [1.807, 2.05) is 25.1 Å². The molecule has 0 unspecified atom stereocenters. The molecule has 3 rings (SSSR count). The van der Waals surface area contributed by atoms with Crippen LogP contribution in [0.5, 0.6) is 5.75 Å². The molecule has 4 nitrogen and oxygen atoms in total. The summed E-state index contributed by atoms with van der Waals surface area (Å²) in [6.45, 7) is 1.87. The van der Waals surface area contributed by atoms with E-state index >= 15 is 0 Å². The van der Waals surface area contributed by atoms with Crippen LogP contribution in [0.1, 0.15) is 16.7 Å². The third-order valence-corrected chi connectivity index (χ3v) is 5.29. The summed E-state index contributed by atoms with van der Waals surface area (Å²) < 4.78 is 20.0. The minimum absolute atomic E-state index is 0.00244. The molecule has 0 aliphatic rings. The summed E-state index contributed by atoms with van der Waals surface area (Å²) in [7, 11) is 0. The van der Waals surface area contributed by atoms with E-state index in [0.717, 1.165) is 5.56 Å². The van der Waals surface area contributed by atoms with E-state index in [0.29, 0.717) is 27.0 Å². The van der Waals surface area contributed by atoms with Crippen LogP contribution in [-0.4, -0.2) is 5.91 Å². The summed E-state index contributed by atoms with van der Waals surface area (Å²) in [5.41, 5.74) is 2.37. The topological polar surface area (TPSA) is 62.1 Å². The Morgan fingerprint density at radius 2 is 1.94 bits per heavy atom. The average molecular weight is 500 g/mol. The maximum atomic E-state index is 13.8. The van der Waals surface area contributed by atoms with Crippen LogP contribution in [0.15, 0.2) is 70.7 Å². The highest BCUT2D eigenvalue weighted by atomic mass is 79.9. The molecule has 1 amide bonds. The summed E-state index contributed by atoms with van der Waals surface area (Å²) in [6.07, 6.45) is 1.44. The molecule has 0 heterocycles. The molecule has 0 atom stereocenters. The minimum Gasteiger partial charge on any atom is -0.486 e. The standard InChI is InChI=1S/C24H17BrClFN2O2/c1-15-6-2-5-9-22(15)29-24(30)18(13-28)10-16-11-19(25)23(20(26)12-16)31-14-17-7-3-4-8-21(17)27/h2-12H,14H2,1H3,(H,29,30)/b18-10-. The van der Waals surface area contributed by atoms with E-state index in [-0.39, 0.29) is 23.0 Å². The van der Waals surface area contributed by atoms with E-state index in [1.165, 1.54) is 12.1 Å². The molecule has 0 bridgehead atoms. The normalized spacial score (nSPS) is 11.0. The van der Waals surface area contributed by atoms with E-state index in [2.05, 4.69) is 21.2 Å². The van der Waals surface area contributed by atoms with Crippen LogP contribution in [0.25, 0.3) is 6.08 Å². The number of halogens is 3. The van der Waals surface area contributed by atoms with Crippen LogP contribution >= 0.6 is 27.5 Å². The van der Waals surface area contributed by atoms with Gasteiger partial charge in [0.25, 0.3) is 5.91 Å². The first-order valence-electron chi connectivity index (χ1n) is 9.23. The average Bonchev–Trinajstić information content (AvgIpc) is 2.74. The van der Waals surface area contributed by atoms with Crippen LogP contribution in [-0.2, 0) is 11.4 Å². The molecule has 0 aliphatic carbocycles. The van der Waals surface area contributed by atoms with Crippen molar-refractivity contribution in [3.8, 4) is 11.8 Å². The number of carbonyl (C=O) groups excluding carboxylic acids is 1. The number of nitrogens with zero attached hydrogens (tertiary/aromatic N) is 1. The van der Waals surface area contributed by atoms with Gasteiger partial charge in [-0.05, 0) is 64.3 Å². The Hall–Kier alpha value is -3.14. The van der Waals surface area contributed by atoms with Gasteiger partial charge in [-0.3, -0.25) is 4.79 Å². The van der Waals surface area contributed by atoms with Crippen LogP contribution in [0, 0.1) is 24.1 Å². The Balaban J connectivity index is 1.80. The fourth-order valence-electron chi connectivity index (χ4n) is 2.78. The molecule has 31 heavy (non-hydrogen) atoms. The Morgan fingerprint density at radius 3 is 2.61 bits per heavy atom. The molecule has 156 valence electrons. The van der Waals surface area contributed by atoms with Crippen LogP contribution in [0.2, 0.25) is 5.02 Å². The van der Waals surface area contributed by atoms with Crippen molar-refractivity contribution in [3.05, 3.63) is 98.2 Å². The number of hydrogen-bond donors (Lipinski definition) is 1. The lowest BCUT2D eigenvalue weighted by Gasteiger charge is -2.12. The SMILES string of the molecule is Cc1ccccc1NC(=O)/C(C#N)=C\c1cc(Cl)c(OCc2ccccc2F)c(Br)c1. The van der Waals surface area contributed by atoms with Gasteiger partial charge in [0, 0.05) is 11.3 Å². The first kappa shape index (κ1) is 22.5. The number of rotatable bonds is 6. The zero-order valence-electron chi connectivity index (χ0n) is 16.5. The summed E-state index contributed by atoms with van der Waals surface area (Å²) >= 11 is 9.72. The van der Waals surface area contributed by atoms with Gasteiger partial charge < -0.3 is 10.1 Å². The van der Waals surface area contributed by atoms with Gasteiger partial charge in [-0.1, -0.05) is 48.0 Å². The van der Waals surface area contributed by atoms with E-state index in [1.54, 1.807) is 42.5 Å². The van der Waals surface area contributed by atoms with Gasteiger partial charge in [-0.15, -0.1) is 0 Å². The van der Waals surface area contributed by atoms with Crippen LogP contribution in [0.4, 0.5) is 10.1 Å². The largest absolute Gasteiger partial charge is 0.486 e. The first-order valence-corrected chi connectivity index (χ1v) is 10.4. The highest BCUT2D eigenvalue weighted by Gasteiger charge is 2.14. The van der Waals surface area contributed by atoms with E-state index in [9.17, 15) is 14.4 Å². The molecule has 0 aromatic heterocycles. The van der Waals surface area contributed by atoms with Gasteiger partial charge in [0.05, 0.1) is 9.50 Å². The zero-order chi connectivity index (χ0) is 22.4. The smallest absolute Gasteiger partial charge is 0.266 e. The van der Waals surface area contributed by atoms with Crippen LogP contribution < -0.4 is 10.1 Å². The molecule has 0 radical (unpaired) electrons. The monoisotopic (exact) mass is 498 g/mol. The fraction of sp³-hybridized carbons (Fsp3) is 0.0833. The number of para-hydroxylation sites is 1. The second-order valence-corrected chi connectivity index (χ2v) is 7.89. The minimum atomic E-state index is -0.524. The summed E-state index contributed by atoms with van der Waals surface area (Å²) in [5, 5.41) is 12.4. The van der Waals surface area contributed by atoms with Gasteiger partial charge in [-0.25, -0.2) is 4.39 Å². The summed E-state index contributed by atoms with van der Waals surface area (Å²) in [6, 6.07) is 18.7. The lowest BCUT2D eigenvalue weighted by atomic mass is 10.1. The van der Waals surface area contributed by atoms with Crippen molar-refractivity contribution in [1.29, 1.82) is 5.26 Å². The molecule has 3 aromatic rings. The number of amides is 1. The number of carbonyl (C=O) groups is 1. The summed E-state index contributed by atoms with van der Waals surface area (Å²) in [5.74, 6) is -0.554. The van der Waals surface area contributed by atoms with Crippen molar-refractivity contribution >= 4 is 45.2 Å². The number of nitrogens with one attached hydrogen (secondary N) is 1. The number of benzene rings is 3. The molecule has 7 heteroatoms. The van der Waals surface area contributed by atoms with Gasteiger partial charge in [-0.2, -0.15) is 5.26 Å². The van der Waals surface area contributed by atoms with Gasteiger partial charge in [0.15, 0.2) is 5.75 Å². The molecule has 0 aliphatic heterocycles. The van der Waals surface area contributed by atoms with Crippen molar-refractivity contribution < 1.29 is 13.9 Å². The molecule has 0 spiro atoms. The third-order valence-electron chi connectivity index (χ3n) is 4.42. The predicted octanol–water partition coefficient (Wildman–Crippen LogP) is 6.67. The number of hydrogen-bond acceptors (Lipinski definition) is 3. The Kier molecular flexibility index (Phi) is 7.45. The molecule has 0 saturated heterocycles. The fourth-order valence-corrected chi connectivity index (χ4v) is 3.77. The van der Waals surface area contributed by atoms with E-state index in [4.69, 9.17) is 16.3 Å². The molecule has 0 saturated carbocycles. The quantitative estimate of drug-likeness (QED) is 0.304. The Labute approximate surface area is 193 Å². The highest BCUT2D eigenvalue weighted by molar-refractivity contribution is 9.10. The third kappa shape index (κ3) is 5.72. The van der Waals surface area contributed by atoms with Crippen molar-refractivity contribution in [2.75, 3.05) is 5.32 Å². The predicted molar refractivity (Wildman–Crippen MR) is 123 cm³/mol. The summed E-state index contributed by atoms with van der Waals surface area (Å²) in [4.78, 5) is 12.5. The highest BCUT2D eigenvalue weighted by Crippen LogP contribution is 2.36. The Bertz CT molecular complexity index is 1180. The zero-order valence-corrected chi connectivity index (χ0v) is 18.8. The molecule has 3 aromatic carbocycles. The van der Waals surface area contributed by atoms with Crippen molar-refractivity contribution in [2.24, 2.45) is 0 Å². The number of aryl methyl sites for hydroxylation is 1. The molecular weight excluding hydrogens is 483 g/mol. The first-order chi connectivity index (χ1) is 14.9. The second kappa shape index (κ2) is 10.3. The number of anilines is 1. The number of ether oxygens (including phenoxy) is 1. The van der Waals surface area contributed by atoms with Gasteiger partial charge >= 0.3 is 0 Å². The van der Waals surface area contributed by atoms with Crippen molar-refractivity contribution in [3.63, 3.8) is 0 Å². The lowest BCUT2D eigenvalue weighted by molar-refractivity contribution is -0.112.